The van der Waals surface area contributed by atoms with E-state index < -0.39 is 12.8 Å². The van der Waals surface area contributed by atoms with E-state index >= 15 is 0 Å². The standard InChI is InChI=1S/C3H4O3.CHF3/c4-3-5-1-2-6-3;2-1(3)4/h1-2H2;1H. The minimum atomic E-state index is -3.67. The monoisotopic (exact) mass is 158 g/mol. The molecule has 0 bridgehead atoms. The number of cyclic esters (lactones) is 2. The Labute approximate surface area is 54.7 Å². The smallest absolute Gasteiger partial charge is 0.431 e. The Hall–Kier alpha value is -0.940. The van der Waals surface area contributed by atoms with Crippen molar-refractivity contribution >= 4 is 6.16 Å². The Morgan fingerprint density at radius 1 is 1.20 bits per heavy atom. The zero-order valence-electron chi connectivity index (χ0n) is 4.85. The van der Waals surface area contributed by atoms with Gasteiger partial charge in [-0.25, -0.2) is 4.79 Å². The number of carbonyl (C=O) groups is 1. The highest BCUT2D eigenvalue weighted by Gasteiger charge is 2.09. The predicted octanol–water partition coefficient (Wildman–Crippen LogP) is 1.33. The van der Waals surface area contributed by atoms with E-state index in [1.807, 2.05) is 0 Å². The van der Waals surface area contributed by atoms with E-state index in [9.17, 15) is 18.0 Å². The highest BCUT2D eigenvalue weighted by molar-refractivity contribution is 5.61. The summed E-state index contributed by atoms with van der Waals surface area (Å²) in [5, 5.41) is 0. The van der Waals surface area contributed by atoms with Gasteiger partial charge in [-0.2, -0.15) is 13.2 Å². The van der Waals surface area contributed by atoms with Crippen LogP contribution in [0.2, 0.25) is 0 Å². The maximum absolute atomic E-state index is 9.80. The number of halogens is 3. The Morgan fingerprint density at radius 3 is 1.60 bits per heavy atom. The van der Waals surface area contributed by atoms with Gasteiger partial charge in [-0.1, -0.05) is 0 Å². The first kappa shape index (κ1) is 9.06. The van der Waals surface area contributed by atoms with Crippen molar-refractivity contribution < 1.29 is 27.4 Å². The number of hydrogen-bond acceptors (Lipinski definition) is 3. The van der Waals surface area contributed by atoms with Crippen molar-refractivity contribution in [3.63, 3.8) is 0 Å². The molecule has 1 fully saturated rings. The van der Waals surface area contributed by atoms with Crippen molar-refractivity contribution in [1.82, 2.24) is 0 Å². The van der Waals surface area contributed by atoms with Gasteiger partial charge < -0.3 is 9.47 Å². The molecule has 0 N–H and O–H groups in total. The third kappa shape index (κ3) is 7.06. The van der Waals surface area contributed by atoms with Crippen LogP contribution in [0.4, 0.5) is 18.0 Å². The van der Waals surface area contributed by atoms with Crippen molar-refractivity contribution in [2.45, 2.75) is 6.68 Å². The van der Waals surface area contributed by atoms with Gasteiger partial charge in [-0.3, -0.25) is 0 Å². The molecule has 0 unspecified atom stereocenters. The van der Waals surface area contributed by atoms with Crippen LogP contribution in [0.1, 0.15) is 0 Å². The zero-order valence-corrected chi connectivity index (χ0v) is 4.85. The fraction of sp³-hybridized carbons (Fsp3) is 0.750. The summed E-state index contributed by atoms with van der Waals surface area (Å²) in [7, 11) is 0. The highest BCUT2D eigenvalue weighted by Crippen LogP contribution is 1.92. The van der Waals surface area contributed by atoms with Crippen LogP contribution in [0.15, 0.2) is 0 Å². The maximum atomic E-state index is 9.80. The molecule has 6 heteroatoms. The minimum Gasteiger partial charge on any atom is -0.431 e. The van der Waals surface area contributed by atoms with Gasteiger partial charge in [-0.15, -0.1) is 0 Å². The molecule has 3 nitrogen and oxygen atoms in total. The third-order valence-corrected chi connectivity index (χ3v) is 0.523. The first-order valence-corrected chi connectivity index (χ1v) is 2.34. The lowest BCUT2D eigenvalue weighted by molar-refractivity contribution is 0.00819. The van der Waals surface area contributed by atoms with E-state index in [1.165, 1.54) is 0 Å². The first-order chi connectivity index (χ1) is 4.63. The van der Waals surface area contributed by atoms with E-state index in [-0.39, 0.29) is 0 Å². The topological polar surface area (TPSA) is 35.5 Å². The molecule has 0 aliphatic carbocycles. The SMILES string of the molecule is FC(F)F.O=C1OCCO1. The van der Waals surface area contributed by atoms with Gasteiger partial charge in [0.25, 0.3) is 0 Å². The summed E-state index contributed by atoms with van der Waals surface area (Å²) in [4.78, 5) is 9.80. The maximum Gasteiger partial charge on any atom is 0.508 e. The van der Waals surface area contributed by atoms with E-state index in [4.69, 9.17) is 0 Å². The van der Waals surface area contributed by atoms with Crippen LogP contribution in [-0.4, -0.2) is 26.0 Å². The highest BCUT2D eigenvalue weighted by atomic mass is 19.4. The fourth-order valence-electron chi connectivity index (χ4n) is 0.292. The predicted molar refractivity (Wildman–Crippen MR) is 24.4 cm³/mol. The van der Waals surface area contributed by atoms with Gasteiger partial charge in [-0.05, 0) is 0 Å². The number of alkyl halides is 3. The molecule has 60 valence electrons. The van der Waals surface area contributed by atoms with Gasteiger partial charge in [0, 0.05) is 0 Å². The molecule has 0 atom stereocenters. The molecule has 1 heterocycles. The summed E-state index contributed by atoms with van der Waals surface area (Å²) in [6.07, 6.45) is -0.546. The van der Waals surface area contributed by atoms with E-state index in [2.05, 4.69) is 9.47 Å². The van der Waals surface area contributed by atoms with E-state index in [0.29, 0.717) is 13.2 Å². The Kier molecular flexibility index (Phi) is 4.43. The van der Waals surface area contributed by atoms with Gasteiger partial charge in [0.2, 0.25) is 0 Å². The summed E-state index contributed by atoms with van der Waals surface area (Å²) in [5.41, 5.74) is 0. The third-order valence-electron chi connectivity index (χ3n) is 0.523. The quantitative estimate of drug-likeness (QED) is 0.499. The average molecular weight is 158 g/mol. The molecular formula is C4H5F3O3. The molecule has 1 rings (SSSR count). The second kappa shape index (κ2) is 4.89. The summed E-state index contributed by atoms with van der Waals surface area (Å²) >= 11 is 0. The van der Waals surface area contributed by atoms with Crippen LogP contribution < -0.4 is 0 Å². The molecule has 0 aromatic carbocycles. The molecule has 0 saturated carbocycles. The van der Waals surface area contributed by atoms with Crippen LogP contribution in [0.3, 0.4) is 0 Å². The number of rotatable bonds is 0. The normalized spacial score (nSPS) is 15.4. The molecule has 10 heavy (non-hydrogen) atoms. The van der Waals surface area contributed by atoms with Crippen molar-refractivity contribution in [3.8, 4) is 0 Å². The van der Waals surface area contributed by atoms with Crippen LogP contribution >= 0.6 is 0 Å². The zero-order chi connectivity index (χ0) is 7.98. The van der Waals surface area contributed by atoms with Gasteiger partial charge >= 0.3 is 12.8 Å². The molecule has 0 aromatic heterocycles. The van der Waals surface area contributed by atoms with Crippen molar-refractivity contribution in [2.75, 3.05) is 13.2 Å². The van der Waals surface area contributed by atoms with Crippen molar-refractivity contribution in [3.05, 3.63) is 0 Å². The fourth-order valence-corrected chi connectivity index (χ4v) is 0.292. The van der Waals surface area contributed by atoms with Crippen LogP contribution in [0.25, 0.3) is 0 Å². The molecular weight excluding hydrogens is 153 g/mol. The molecule has 0 radical (unpaired) electrons. The Bertz CT molecular complexity index is 95.2. The summed E-state index contributed by atoms with van der Waals surface area (Å²) < 4.78 is 37.6. The molecule has 1 aliphatic rings. The van der Waals surface area contributed by atoms with E-state index in [0.717, 1.165) is 0 Å². The van der Waals surface area contributed by atoms with E-state index in [1.54, 1.807) is 0 Å². The Morgan fingerprint density at radius 2 is 1.50 bits per heavy atom. The second-order valence-electron chi connectivity index (χ2n) is 1.19. The molecule has 1 saturated heterocycles. The van der Waals surface area contributed by atoms with Crippen LogP contribution in [0.5, 0.6) is 0 Å². The number of carbonyl (C=O) groups excluding carboxylic acids is 1. The molecule has 0 spiro atoms. The lowest BCUT2D eigenvalue weighted by atomic mass is 10.8. The van der Waals surface area contributed by atoms with Crippen molar-refractivity contribution in [2.24, 2.45) is 0 Å². The average Bonchev–Trinajstić information content (AvgIpc) is 2.15. The summed E-state index contributed by atoms with van der Waals surface area (Å²) in [6, 6.07) is 0. The van der Waals surface area contributed by atoms with Gasteiger partial charge in [0.05, 0.1) is 0 Å². The summed E-state index contributed by atoms with van der Waals surface area (Å²) in [6.45, 7) is -2.84. The molecule has 0 aromatic rings. The van der Waals surface area contributed by atoms with Crippen LogP contribution in [-0.2, 0) is 9.47 Å². The molecule has 0 amide bonds. The van der Waals surface area contributed by atoms with Gasteiger partial charge in [0.15, 0.2) is 0 Å². The number of hydrogen-bond donors (Lipinski definition) is 0. The minimum absolute atomic E-state index is 0.416. The van der Waals surface area contributed by atoms with Gasteiger partial charge in [0.1, 0.15) is 13.2 Å². The largest absolute Gasteiger partial charge is 0.508 e. The lowest BCUT2D eigenvalue weighted by Gasteiger charge is -1.78. The second-order valence-corrected chi connectivity index (χ2v) is 1.19. The first-order valence-electron chi connectivity index (χ1n) is 2.34. The summed E-state index contributed by atoms with van der Waals surface area (Å²) in [5.74, 6) is 0. The Balaban J connectivity index is 0.000000180. The van der Waals surface area contributed by atoms with Crippen LogP contribution in [0, 0.1) is 0 Å². The molecule has 1 aliphatic heterocycles. The lowest BCUT2D eigenvalue weighted by Crippen LogP contribution is -1.88. The number of ether oxygens (including phenoxy) is 2. The van der Waals surface area contributed by atoms with Crippen molar-refractivity contribution in [1.29, 1.82) is 0 Å².